The molecule has 0 bridgehead atoms. The van der Waals surface area contributed by atoms with Gasteiger partial charge in [-0.3, -0.25) is 9.59 Å². The normalized spacial score (nSPS) is 10.5. The first-order chi connectivity index (χ1) is 12.4. The molecule has 2 aromatic rings. The number of hydrogen-bond donors (Lipinski definition) is 3. The van der Waals surface area contributed by atoms with Crippen molar-refractivity contribution in [3.8, 4) is 0 Å². The van der Waals surface area contributed by atoms with Crippen molar-refractivity contribution in [3.63, 3.8) is 0 Å². The standard InChI is InChI=1S/C18H19F2N3O2S/c1-11-14(17(25)21-2)4-3-5-15(11)22-10-16(24)23-12-6-8-13(9-7-12)26-18(19)20/h3-9,18,22H,10H2,1-2H3,(H,21,25)(H,23,24). The molecule has 0 atom stereocenters. The lowest BCUT2D eigenvalue weighted by Gasteiger charge is -2.13. The maximum absolute atomic E-state index is 12.3. The van der Waals surface area contributed by atoms with Crippen molar-refractivity contribution in [2.24, 2.45) is 0 Å². The number of carbonyl (C=O) groups excluding carboxylic acids is 2. The molecule has 26 heavy (non-hydrogen) atoms. The van der Waals surface area contributed by atoms with Gasteiger partial charge in [-0.1, -0.05) is 17.8 Å². The van der Waals surface area contributed by atoms with Crippen LogP contribution in [0.2, 0.25) is 0 Å². The van der Waals surface area contributed by atoms with E-state index in [4.69, 9.17) is 0 Å². The molecule has 0 spiro atoms. The third-order valence-electron chi connectivity index (χ3n) is 3.61. The zero-order chi connectivity index (χ0) is 19.1. The summed E-state index contributed by atoms with van der Waals surface area (Å²) < 4.78 is 24.6. The van der Waals surface area contributed by atoms with Gasteiger partial charge < -0.3 is 16.0 Å². The predicted molar refractivity (Wildman–Crippen MR) is 100.0 cm³/mol. The number of amides is 2. The second-order valence-electron chi connectivity index (χ2n) is 5.36. The smallest absolute Gasteiger partial charge is 0.288 e. The fraction of sp³-hybridized carbons (Fsp3) is 0.222. The van der Waals surface area contributed by atoms with Crippen LogP contribution in [0.5, 0.6) is 0 Å². The number of carbonyl (C=O) groups is 2. The molecule has 0 saturated carbocycles. The molecule has 2 amide bonds. The Bertz CT molecular complexity index is 783. The number of hydrogen-bond acceptors (Lipinski definition) is 4. The molecule has 0 aliphatic rings. The van der Waals surface area contributed by atoms with Crippen LogP contribution in [0, 0.1) is 6.92 Å². The van der Waals surface area contributed by atoms with Gasteiger partial charge in [-0.15, -0.1) is 0 Å². The first-order valence-electron chi connectivity index (χ1n) is 7.81. The summed E-state index contributed by atoms with van der Waals surface area (Å²) in [6.07, 6.45) is 0. The second-order valence-corrected chi connectivity index (χ2v) is 6.43. The lowest BCUT2D eigenvalue weighted by atomic mass is 10.1. The molecule has 138 valence electrons. The third kappa shape index (κ3) is 5.45. The summed E-state index contributed by atoms with van der Waals surface area (Å²) in [5.41, 5.74) is 2.48. The monoisotopic (exact) mass is 379 g/mol. The molecule has 0 radical (unpaired) electrons. The Morgan fingerprint density at radius 2 is 1.81 bits per heavy atom. The fourth-order valence-electron chi connectivity index (χ4n) is 2.31. The fourth-order valence-corrected chi connectivity index (χ4v) is 2.81. The van der Waals surface area contributed by atoms with E-state index in [9.17, 15) is 18.4 Å². The predicted octanol–water partition coefficient (Wildman–Crippen LogP) is 3.72. The van der Waals surface area contributed by atoms with E-state index in [-0.39, 0.29) is 18.4 Å². The van der Waals surface area contributed by atoms with Crippen LogP contribution >= 0.6 is 11.8 Å². The Labute approximate surface area is 154 Å². The number of benzene rings is 2. The quantitative estimate of drug-likeness (QED) is 0.642. The summed E-state index contributed by atoms with van der Waals surface area (Å²) in [4.78, 5) is 24.3. The van der Waals surface area contributed by atoms with Gasteiger partial charge in [0.2, 0.25) is 5.91 Å². The molecular formula is C18H19F2N3O2S. The average Bonchev–Trinajstić information content (AvgIpc) is 2.61. The minimum absolute atomic E-state index is 0.00553. The SMILES string of the molecule is CNC(=O)c1cccc(NCC(=O)Nc2ccc(SC(F)F)cc2)c1C. The van der Waals surface area contributed by atoms with E-state index >= 15 is 0 Å². The molecule has 0 aliphatic carbocycles. The van der Waals surface area contributed by atoms with Crippen LogP contribution in [0.3, 0.4) is 0 Å². The van der Waals surface area contributed by atoms with Crippen molar-refractivity contribution in [2.75, 3.05) is 24.2 Å². The molecule has 2 rings (SSSR count). The summed E-state index contributed by atoms with van der Waals surface area (Å²) >= 11 is 0.450. The number of thioether (sulfide) groups is 1. The Hall–Kier alpha value is -2.61. The van der Waals surface area contributed by atoms with Gasteiger partial charge in [0.1, 0.15) is 0 Å². The van der Waals surface area contributed by atoms with E-state index in [0.717, 1.165) is 5.56 Å². The Morgan fingerprint density at radius 1 is 1.12 bits per heavy atom. The van der Waals surface area contributed by atoms with Crippen molar-refractivity contribution in [1.82, 2.24) is 5.32 Å². The molecule has 0 aliphatic heterocycles. The van der Waals surface area contributed by atoms with E-state index in [1.807, 2.05) is 0 Å². The van der Waals surface area contributed by atoms with E-state index in [1.165, 1.54) is 12.1 Å². The largest absolute Gasteiger partial charge is 0.376 e. The van der Waals surface area contributed by atoms with Gasteiger partial charge in [-0.2, -0.15) is 8.78 Å². The zero-order valence-corrected chi connectivity index (χ0v) is 15.1. The van der Waals surface area contributed by atoms with E-state index in [0.29, 0.717) is 33.6 Å². The molecule has 0 unspecified atom stereocenters. The molecule has 5 nitrogen and oxygen atoms in total. The zero-order valence-electron chi connectivity index (χ0n) is 14.3. The van der Waals surface area contributed by atoms with Crippen LogP contribution in [0.15, 0.2) is 47.4 Å². The average molecular weight is 379 g/mol. The Kier molecular flexibility index (Phi) is 6.97. The molecule has 0 saturated heterocycles. The van der Waals surface area contributed by atoms with Crippen LogP contribution in [-0.2, 0) is 4.79 Å². The van der Waals surface area contributed by atoms with E-state index in [2.05, 4.69) is 16.0 Å². The van der Waals surface area contributed by atoms with Gasteiger partial charge in [0.25, 0.3) is 11.7 Å². The van der Waals surface area contributed by atoms with Crippen molar-refractivity contribution < 1.29 is 18.4 Å². The minimum atomic E-state index is -2.48. The van der Waals surface area contributed by atoms with Crippen molar-refractivity contribution in [3.05, 3.63) is 53.6 Å². The van der Waals surface area contributed by atoms with E-state index in [1.54, 1.807) is 44.3 Å². The summed E-state index contributed by atoms with van der Waals surface area (Å²) in [6, 6.07) is 11.4. The van der Waals surface area contributed by atoms with Crippen LogP contribution in [0.4, 0.5) is 20.2 Å². The molecule has 3 N–H and O–H groups in total. The number of nitrogens with one attached hydrogen (secondary N) is 3. The maximum Gasteiger partial charge on any atom is 0.288 e. The van der Waals surface area contributed by atoms with Gasteiger partial charge in [0.15, 0.2) is 0 Å². The van der Waals surface area contributed by atoms with Crippen LogP contribution in [-0.4, -0.2) is 31.2 Å². The summed E-state index contributed by atoms with van der Waals surface area (Å²) in [7, 11) is 1.56. The minimum Gasteiger partial charge on any atom is -0.376 e. The van der Waals surface area contributed by atoms with Crippen LogP contribution in [0.25, 0.3) is 0 Å². The van der Waals surface area contributed by atoms with Gasteiger partial charge in [-0.25, -0.2) is 0 Å². The Morgan fingerprint density at radius 3 is 2.42 bits per heavy atom. The van der Waals surface area contributed by atoms with Crippen molar-refractivity contribution >= 4 is 35.0 Å². The van der Waals surface area contributed by atoms with E-state index < -0.39 is 5.76 Å². The summed E-state index contributed by atoms with van der Waals surface area (Å²) in [5, 5.41) is 8.25. The Balaban J connectivity index is 1.94. The first kappa shape index (κ1) is 19.7. The lowest BCUT2D eigenvalue weighted by molar-refractivity contribution is -0.114. The molecule has 0 fully saturated rings. The number of alkyl halides is 2. The summed E-state index contributed by atoms with van der Waals surface area (Å²) in [5.74, 6) is -2.96. The second kappa shape index (κ2) is 9.19. The molecular weight excluding hydrogens is 360 g/mol. The maximum atomic E-state index is 12.3. The van der Waals surface area contributed by atoms with Gasteiger partial charge in [0.05, 0.1) is 6.54 Å². The molecule has 8 heteroatoms. The van der Waals surface area contributed by atoms with Gasteiger partial charge in [0, 0.05) is 28.9 Å². The van der Waals surface area contributed by atoms with Crippen molar-refractivity contribution in [2.45, 2.75) is 17.6 Å². The van der Waals surface area contributed by atoms with Crippen LogP contribution < -0.4 is 16.0 Å². The highest BCUT2D eigenvalue weighted by Gasteiger charge is 2.11. The number of anilines is 2. The van der Waals surface area contributed by atoms with Crippen LogP contribution in [0.1, 0.15) is 15.9 Å². The molecule has 2 aromatic carbocycles. The summed E-state index contributed by atoms with van der Waals surface area (Å²) in [6.45, 7) is 1.80. The number of rotatable bonds is 7. The van der Waals surface area contributed by atoms with Gasteiger partial charge >= 0.3 is 0 Å². The highest BCUT2D eigenvalue weighted by molar-refractivity contribution is 7.99. The van der Waals surface area contributed by atoms with Gasteiger partial charge in [-0.05, 0) is 48.9 Å². The molecule has 0 aromatic heterocycles. The topological polar surface area (TPSA) is 70.2 Å². The third-order valence-corrected chi connectivity index (χ3v) is 4.33. The highest BCUT2D eigenvalue weighted by Crippen LogP contribution is 2.26. The highest BCUT2D eigenvalue weighted by atomic mass is 32.2. The van der Waals surface area contributed by atoms with Crippen molar-refractivity contribution in [1.29, 1.82) is 0 Å². The molecule has 0 heterocycles. The lowest BCUT2D eigenvalue weighted by Crippen LogP contribution is -2.23. The number of halogens is 2. The first-order valence-corrected chi connectivity index (χ1v) is 8.69.